The Morgan fingerprint density at radius 3 is 2.90 bits per heavy atom. The van der Waals surface area contributed by atoms with Gasteiger partial charge in [-0.1, -0.05) is 18.2 Å². The molecule has 6 heteroatoms. The lowest BCUT2D eigenvalue weighted by Crippen LogP contribution is -2.30. The summed E-state index contributed by atoms with van der Waals surface area (Å²) in [7, 11) is 0. The van der Waals surface area contributed by atoms with Crippen LogP contribution >= 0.6 is 0 Å². The van der Waals surface area contributed by atoms with E-state index in [9.17, 15) is 9.59 Å². The molecule has 0 fully saturated rings. The standard InChI is InChI=1S/C15H15N3O3/c1-9-13(14(19)17-16)6-11(21-9)8-18-7-10-4-2-3-5-12(10)15(18)20/h2-6H,7-8,16H2,1H3,(H,17,19). The van der Waals surface area contributed by atoms with Crippen molar-refractivity contribution in [3.63, 3.8) is 0 Å². The average molecular weight is 285 g/mol. The molecule has 1 aliphatic heterocycles. The molecule has 3 N–H and O–H groups in total. The topological polar surface area (TPSA) is 88.6 Å². The van der Waals surface area contributed by atoms with Crippen molar-refractivity contribution in [2.75, 3.05) is 0 Å². The summed E-state index contributed by atoms with van der Waals surface area (Å²) in [5.41, 5.74) is 4.19. The maximum Gasteiger partial charge on any atom is 0.268 e. The molecule has 0 saturated carbocycles. The van der Waals surface area contributed by atoms with Gasteiger partial charge in [0.25, 0.3) is 11.8 Å². The van der Waals surface area contributed by atoms with Crippen LogP contribution in [0.25, 0.3) is 0 Å². The Hall–Kier alpha value is -2.60. The van der Waals surface area contributed by atoms with E-state index in [-0.39, 0.29) is 5.91 Å². The second-order valence-electron chi connectivity index (χ2n) is 4.97. The Kier molecular flexibility index (Phi) is 3.23. The molecule has 0 radical (unpaired) electrons. The normalized spacial score (nSPS) is 13.4. The Morgan fingerprint density at radius 2 is 2.19 bits per heavy atom. The summed E-state index contributed by atoms with van der Waals surface area (Å²) in [4.78, 5) is 25.5. The molecular formula is C15H15N3O3. The van der Waals surface area contributed by atoms with E-state index in [2.05, 4.69) is 5.43 Å². The summed E-state index contributed by atoms with van der Waals surface area (Å²) in [5, 5.41) is 0. The quantitative estimate of drug-likeness (QED) is 0.506. The van der Waals surface area contributed by atoms with E-state index < -0.39 is 5.91 Å². The predicted molar refractivity (Wildman–Crippen MR) is 75.1 cm³/mol. The number of fused-ring (bicyclic) bond motifs is 1. The third-order valence-electron chi connectivity index (χ3n) is 3.59. The van der Waals surface area contributed by atoms with E-state index in [1.165, 1.54) is 0 Å². The van der Waals surface area contributed by atoms with Crippen molar-refractivity contribution >= 4 is 11.8 Å². The molecule has 2 heterocycles. The molecule has 6 nitrogen and oxygen atoms in total. The first-order chi connectivity index (χ1) is 10.1. The van der Waals surface area contributed by atoms with Gasteiger partial charge in [0, 0.05) is 12.1 Å². The zero-order valence-electron chi connectivity index (χ0n) is 11.6. The molecule has 2 amide bonds. The lowest BCUT2D eigenvalue weighted by Gasteiger charge is -2.13. The highest BCUT2D eigenvalue weighted by Crippen LogP contribution is 2.25. The van der Waals surface area contributed by atoms with Crippen LogP contribution in [0.2, 0.25) is 0 Å². The minimum atomic E-state index is -0.404. The molecule has 0 saturated heterocycles. The highest BCUT2D eigenvalue weighted by molar-refractivity contribution is 5.98. The van der Waals surface area contributed by atoms with E-state index >= 15 is 0 Å². The van der Waals surface area contributed by atoms with Crippen LogP contribution in [0.5, 0.6) is 0 Å². The number of hydrazine groups is 1. The van der Waals surface area contributed by atoms with Crippen molar-refractivity contribution in [2.45, 2.75) is 20.0 Å². The van der Waals surface area contributed by atoms with E-state index in [1.54, 1.807) is 17.9 Å². The molecule has 1 aliphatic rings. The van der Waals surface area contributed by atoms with Gasteiger partial charge in [-0.25, -0.2) is 5.84 Å². The fourth-order valence-corrected chi connectivity index (χ4v) is 2.56. The van der Waals surface area contributed by atoms with Gasteiger partial charge in [-0.05, 0) is 24.6 Å². The van der Waals surface area contributed by atoms with Crippen LogP contribution in [0.1, 0.15) is 37.8 Å². The maximum atomic E-state index is 12.3. The first-order valence-corrected chi connectivity index (χ1v) is 6.57. The zero-order valence-corrected chi connectivity index (χ0v) is 11.6. The summed E-state index contributed by atoms with van der Waals surface area (Å²) >= 11 is 0. The fourth-order valence-electron chi connectivity index (χ4n) is 2.56. The van der Waals surface area contributed by atoms with Gasteiger partial charge in [0.15, 0.2) is 0 Å². The molecule has 21 heavy (non-hydrogen) atoms. The van der Waals surface area contributed by atoms with E-state index in [1.807, 2.05) is 24.3 Å². The Bertz CT molecular complexity index is 721. The fraction of sp³-hybridized carbons (Fsp3) is 0.200. The number of nitrogens with one attached hydrogen (secondary N) is 1. The smallest absolute Gasteiger partial charge is 0.268 e. The number of furan rings is 1. The molecule has 1 aromatic heterocycles. The second kappa shape index (κ2) is 5.06. The summed E-state index contributed by atoms with van der Waals surface area (Å²) in [6, 6.07) is 9.14. The largest absolute Gasteiger partial charge is 0.464 e. The van der Waals surface area contributed by atoms with Crippen LogP contribution < -0.4 is 11.3 Å². The van der Waals surface area contributed by atoms with Gasteiger partial charge in [-0.3, -0.25) is 15.0 Å². The zero-order chi connectivity index (χ0) is 15.0. The van der Waals surface area contributed by atoms with E-state index in [0.717, 1.165) is 11.1 Å². The van der Waals surface area contributed by atoms with E-state index in [4.69, 9.17) is 10.3 Å². The molecule has 0 bridgehead atoms. The number of hydrogen-bond donors (Lipinski definition) is 2. The van der Waals surface area contributed by atoms with Crippen LogP contribution in [-0.2, 0) is 13.1 Å². The van der Waals surface area contributed by atoms with Crippen molar-refractivity contribution in [3.05, 3.63) is 58.5 Å². The van der Waals surface area contributed by atoms with Gasteiger partial charge in [0.05, 0.1) is 12.1 Å². The highest BCUT2D eigenvalue weighted by atomic mass is 16.3. The first kappa shape index (κ1) is 13.4. The van der Waals surface area contributed by atoms with Gasteiger partial charge in [-0.15, -0.1) is 0 Å². The second-order valence-corrected chi connectivity index (χ2v) is 4.97. The van der Waals surface area contributed by atoms with Crippen LogP contribution in [-0.4, -0.2) is 16.7 Å². The predicted octanol–water partition coefficient (Wildman–Crippen LogP) is 1.35. The number of aryl methyl sites for hydroxylation is 1. The number of hydrogen-bond acceptors (Lipinski definition) is 4. The molecule has 0 spiro atoms. The number of nitrogen functional groups attached to an aromatic ring is 1. The minimum absolute atomic E-state index is 0.0236. The van der Waals surface area contributed by atoms with Gasteiger partial charge < -0.3 is 9.32 Å². The molecular weight excluding hydrogens is 270 g/mol. The summed E-state index contributed by atoms with van der Waals surface area (Å²) < 4.78 is 5.54. The number of nitrogens with two attached hydrogens (primary N) is 1. The number of nitrogens with zero attached hydrogens (tertiary/aromatic N) is 1. The Labute approximate surface area is 121 Å². The third kappa shape index (κ3) is 2.30. The summed E-state index contributed by atoms with van der Waals surface area (Å²) in [6.45, 7) is 2.56. The minimum Gasteiger partial charge on any atom is -0.464 e. The van der Waals surface area contributed by atoms with Crippen LogP contribution in [0, 0.1) is 6.92 Å². The van der Waals surface area contributed by atoms with Crippen molar-refractivity contribution < 1.29 is 14.0 Å². The van der Waals surface area contributed by atoms with Crippen molar-refractivity contribution in [3.8, 4) is 0 Å². The molecule has 0 unspecified atom stereocenters. The number of amides is 2. The number of carbonyl (C=O) groups is 2. The lowest BCUT2D eigenvalue weighted by molar-refractivity contribution is 0.0754. The Morgan fingerprint density at radius 1 is 1.43 bits per heavy atom. The van der Waals surface area contributed by atoms with Gasteiger partial charge in [0.1, 0.15) is 11.5 Å². The molecule has 0 aliphatic carbocycles. The first-order valence-electron chi connectivity index (χ1n) is 6.57. The lowest BCUT2D eigenvalue weighted by atomic mass is 10.1. The van der Waals surface area contributed by atoms with Crippen molar-refractivity contribution in [1.82, 2.24) is 10.3 Å². The third-order valence-corrected chi connectivity index (χ3v) is 3.59. The number of carbonyl (C=O) groups excluding carboxylic acids is 2. The molecule has 3 rings (SSSR count). The maximum absolute atomic E-state index is 12.3. The summed E-state index contributed by atoms with van der Waals surface area (Å²) in [5.74, 6) is 5.74. The molecule has 0 atom stereocenters. The van der Waals surface area contributed by atoms with Crippen molar-refractivity contribution in [1.29, 1.82) is 0 Å². The molecule has 2 aromatic rings. The van der Waals surface area contributed by atoms with Crippen molar-refractivity contribution in [2.24, 2.45) is 5.84 Å². The number of rotatable bonds is 3. The van der Waals surface area contributed by atoms with E-state index in [0.29, 0.717) is 30.2 Å². The van der Waals surface area contributed by atoms with Gasteiger partial charge in [-0.2, -0.15) is 0 Å². The highest BCUT2D eigenvalue weighted by Gasteiger charge is 2.28. The monoisotopic (exact) mass is 285 g/mol. The van der Waals surface area contributed by atoms with Gasteiger partial charge in [0.2, 0.25) is 0 Å². The van der Waals surface area contributed by atoms with Crippen LogP contribution in [0.4, 0.5) is 0 Å². The molecule has 1 aromatic carbocycles. The SMILES string of the molecule is Cc1oc(CN2Cc3ccccc3C2=O)cc1C(=O)NN. The summed E-state index contributed by atoms with van der Waals surface area (Å²) in [6.07, 6.45) is 0. The van der Waals surface area contributed by atoms with Crippen LogP contribution in [0.15, 0.2) is 34.7 Å². The average Bonchev–Trinajstić information content (AvgIpc) is 3.00. The Balaban J connectivity index is 1.80. The van der Waals surface area contributed by atoms with Gasteiger partial charge >= 0.3 is 0 Å². The number of benzene rings is 1. The van der Waals surface area contributed by atoms with Crippen LogP contribution in [0.3, 0.4) is 0 Å². The molecule has 108 valence electrons.